The zero-order valence-electron chi connectivity index (χ0n) is 19.9. The van der Waals surface area contributed by atoms with Crippen molar-refractivity contribution >= 4 is 39.4 Å². The molecule has 0 aliphatic rings. The second-order valence-electron chi connectivity index (χ2n) is 8.01. The Morgan fingerprint density at radius 1 is 0.946 bits per heavy atom. The molecule has 0 saturated heterocycles. The highest BCUT2D eigenvalue weighted by Crippen LogP contribution is 2.18. The van der Waals surface area contributed by atoms with Gasteiger partial charge in [0.1, 0.15) is 11.9 Å². The molecule has 0 aliphatic heterocycles. The normalized spacial score (nSPS) is 11.9. The predicted octanol–water partition coefficient (Wildman–Crippen LogP) is 1.38. The van der Waals surface area contributed by atoms with Crippen molar-refractivity contribution in [2.24, 2.45) is 5.73 Å². The Morgan fingerprint density at radius 2 is 1.62 bits per heavy atom. The summed E-state index contributed by atoms with van der Waals surface area (Å²) in [4.78, 5) is 30.0. The summed E-state index contributed by atoms with van der Waals surface area (Å²) >= 11 is 1.30. The summed E-state index contributed by atoms with van der Waals surface area (Å²) in [5.41, 5.74) is 7.40. The number of sulfonamides is 1. The third-order valence-electron chi connectivity index (χ3n) is 5.08. The first-order valence-corrected chi connectivity index (χ1v) is 13.9. The molecule has 12 heteroatoms. The van der Waals surface area contributed by atoms with E-state index >= 15 is 0 Å². The van der Waals surface area contributed by atoms with Crippen LogP contribution in [0.25, 0.3) is 0 Å². The van der Waals surface area contributed by atoms with E-state index in [2.05, 4.69) is 20.3 Å². The van der Waals surface area contributed by atoms with Crippen molar-refractivity contribution in [3.05, 3.63) is 95.8 Å². The van der Waals surface area contributed by atoms with Gasteiger partial charge in [0.15, 0.2) is 0 Å². The highest BCUT2D eigenvalue weighted by atomic mass is 32.2. The molecule has 0 spiro atoms. The summed E-state index contributed by atoms with van der Waals surface area (Å²) < 4.78 is 28.0. The van der Waals surface area contributed by atoms with E-state index in [1.54, 1.807) is 79.1 Å². The van der Waals surface area contributed by atoms with Crippen LogP contribution in [0, 0.1) is 5.41 Å². The Hall–Kier alpha value is -3.74. The Labute approximate surface area is 220 Å². The van der Waals surface area contributed by atoms with Gasteiger partial charge < -0.3 is 16.4 Å². The molecule has 37 heavy (non-hydrogen) atoms. The van der Waals surface area contributed by atoms with Crippen molar-refractivity contribution in [2.45, 2.75) is 23.2 Å². The van der Waals surface area contributed by atoms with Gasteiger partial charge in [0.05, 0.1) is 12.3 Å². The first-order valence-electron chi connectivity index (χ1n) is 11.3. The maximum absolute atomic E-state index is 12.9. The highest BCUT2D eigenvalue weighted by molar-refractivity contribution is 7.99. The van der Waals surface area contributed by atoms with Crippen molar-refractivity contribution in [3.63, 3.8) is 0 Å². The van der Waals surface area contributed by atoms with Crippen LogP contribution in [-0.2, 0) is 31.9 Å². The molecule has 0 aliphatic carbocycles. The zero-order valence-corrected chi connectivity index (χ0v) is 21.5. The van der Waals surface area contributed by atoms with Crippen molar-refractivity contribution in [2.75, 3.05) is 12.3 Å². The Kier molecular flexibility index (Phi) is 10.2. The molecule has 0 saturated carbocycles. The molecule has 10 nitrogen and oxygen atoms in total. The lowest BCUT2D eigenvalue weighted by molar-refractivity contribution is -0.126. The van der Waals surface area contributed by atoms with Gasteiger partial charge in [-0.05, 0) is 23.3 Å². The number of nitrogen functional groups attached to an aromatic ring is 1. The number of nitrogens with one attached hydrogen (secondary N) is 4. The fourth-order valence-corrected chi connectivity index (χ4v) is 5.54. The number of carbonyl (C=O) groups is 2. The van der Waals surface area contributed by atoms with Crippen molar-refractivity contribution in [1.29, 1.82) is 5.41 Å². The molecule has 2 amide bonds. The summed E-state index contributed by atoms with van der Waals surface area (Å²) in [6.07, 6.45) is 3.21. The third kappa shape index (κ3) is 9.67. The van der Waals surface area contributed by atoms with Crippen LogP contribution in [0.2, 0.25) is 0 Å². The lowest BCUT2D eigenvalue weighted by atomic mass is 10.1. The van der Waals surface area contributed by atoms with Gasteiger partial charge in [0.2, 0.25) is 21.8 Å². The van der Waals surface area contributed by atoms with Crippen molar-refractivity contribution in [3.8, 4) is 0 Å². The predicted molar refractivity (Wildman–Crippen MR) is 143 cm³/mol. The highest BCUT2D eigenvalue weighted by Gasteiger charge is 2.25. The number of carbonyl (C=O) groups excluding carboxylic acids is 2. The SMILES string of the molecule is N=C(N)c1ccc(CNC(=O)CNC(=O)[C@@H](CSc2ccncc2)NS(=O)(=O)Cc2ccccc2)cc1. The summed E-state index contributed by atoms with van der Waals surface area (Å²) in [7, 11) is -3.84. The minimum Gasteiger partial charge on any atom is -0.384 e. The smallest absolute Gasteiger partial charge is 0.239 e. The largest absolute Gasteiger partial charge is 0.384 e. The monoisotopic (exact) mass is 540 g/mol. The molecule has 1 atom stereocenters. The van der Waals surface area contributed by atoms with Crippen LogP contribution in [0.3, 0.4) is 0 Å². The molecule has 3 rings (SSSR count). The van der Waals surface area contributed by atoms with Gasteiger partial charge in [-0.15, -0.1) is 11.8 Å². The van der Waals surface area contributed by atoms with E-state index in [0.717, 1.165) is 10.5 Å². The van der Waals surface area contributed by atoms with Crippen molar-refractivity contribution < 1.29 is 18.0 Å². The van der Waals surface area contributed by atoms with Crippen LogP contribution in [-0.4, -0.2) is 49.4 Å². The second kappa shape index (κ2) is 13.5. The fraction of sp³-hybridized carbons (Fsp3) is 0.200. The minimum absolute atomic E-state index is 0.0469. The number of amidine groups is 1. The van der Waals surface area contributed by atoms with Gasteiger partial charge in [0.25, 0.3) is 0 Å². The standard InChI is InChI=1S/C25H28N6O4S2/c26-24(27)20-8-6-18(7-9-20)14-29-23(32)15-30-25(33)22(16-36-21-10-12-28-13-11-21)31-37(34,35)17-19-4-2-1-3-5-19/h1-13,22,31H,14-17H2,(H3,26,27)(H,29,32)(H,30,33)/t22-/m1/s1. The molecule has 0 fully saturated rings. The number of nitrogens with zero attached hydrogens (tertiary/aromatic N) is 1. The number of pyridine rings is 1. The summed E-state index contributed by atoms with van der Waals surface area (Å²) in [6.45, 7) is -0.0981. The summed E-state index contributed by atoms with van der Waals surface area (Å²) in [5, 5.41) is 12.6. The number of hydrogen-bond donors (Lipinski definition) is 5. The van der Waals surface area contributed by atoms with Gasteiger partial charge in [-0.1, -0.05) is 54.6 Å². The number of thioether (sulfide) groups is 1. The zero-order chi connectivity index (χ0) is 26.7. The number of aromatic nitrogens is 1. The average molecular weight is 541 g/mol. The van der Waals surface area contributed by atoms with Gasteiger partial charge >= 0.3 is 0 Å². The maximum Gasteiger partial charge on any atom is 0.239 e. The third-order valence-corrected chi connectivity index (χ3v) is 7.54. The van der Waals surface area contributed by atoms with Crippen LogP contribution in [0.15, 0.2) is 84.0 Å². The number of amides is 2. The fourth-order valence-electron chi connectivity index (χ4n) is 3.19. The molecule has 0 bridgehead atoms. The van der Waals surface area contributed by atoms with E-state index in [9.17, 15) is 18.0 Å². The maximum atomic E-state index is 12.9. The van der Waals surface area contributed by atoms with Crippen LogP contribution in [0.4, 0.5) is 0 Å². The molecule has 1 aromatic heterocycles. The second-order valence-corrected chi connectivity index (χ2v) is 10.9. The van der Waals surface area contributed by atoms with E-state index in [1.807, 2.05) is 0 Å². The van der Waals surface area contributed by atoms with E-state index in [4.69, 9.17) is 11.1 Å². The molecule has 3 aromatic rings. The van der Waals surface area contributed by atoms with Crippen molar-refractivity contribution in [1.82, 2.24) is 20.3 Å². The summed E-state index contributed by atoms with van der Waals surface area (Å²) in [6, 6.07) is 17.9. The number of benzene rings is 2. The number of nitrogens with two attached hydrogens (primary N) is 1. The van der Waals surface area contributed by atoms with Crippen LogP contribution in [0.1, 0.15) is 16.7 Å². The van der Waals surface area contributed by atoms with Gasteiger partial charge in [-0.3, -0.25) is 20.0 Å². The minimum atomic E-state index is -3.84. The molecule has 0 radical (unpaired) electrons. The van der Waals surface area contributed by atoms with E-state index < -0.39 is 27.9 Å². The van der Waals surface area contributed by atoms with E-state index in [-0.39, 0.29) is 30.4 Å². The van der Waals surface area contributed by atoms with Crippen LogP contribution in [0.5, 0.6) is 0 Å². The first kappa shape index (κ1) is 27.8. The molecular weight excluding hydrogens is 512 g/mol. The molecule has 2 aromatic carbocycles. The average Bonchev–Trinajstić information content (AvgIpc) is 2.89. The van der Waals surface area contributed by atoms with Crippen LogP contribution < -0.4 is 21.1 Å². The van der Waals surface area contributed by atoms with Gasteiger partial charge in [-0.2, -0.15) is 0 Å². The topological polar surface area (TPSA) is 167 Å². The lowest BCUT2D eigenvalue weighted by Gasteiger charge is -2.18. The van der Waals surface area contributed by atoms with Gasteiger partial charge in [-0.25, -0.2) is 13.1 Å². The van der Waals surface area contributed by atoms with E-state index in [1.165, 1.54) is 11.8 Å². The molecule has 0 unspecified atom stereocenters. The number of hydrogen-bond acceptors (Lipinski definition) is 7. The molecular formula is C25H28N6O4S2. The Balaban J connectivity index is 1.57. The van der Waals surface area contributed by atoms with E-state index in [0.29, 0.717) is 11.1 Å². The Bertz CT molecular complexity index is 1300. The quantitative estimate of drug-likeness (QED) is 0.124. The number of rotatable bonds is 13. The van der Waals surface area contributed by atoms with Crippen LogP contribution >= 0.6 is 11.8 Å². The molecule has 194 valence electrons. The molecule has 6 N–H and O–H groups in total. The lowest BCUT2D eigenvalue weighted by Crippen LogP contribution is -2.50. The Morgan fingerprint density at radius 3 is 2.27 bits per heavy atom. The first-order chi connectivity index (χ1) is 17.7. The molecule has 1 heterocycles. The van der Waals surface area contributed by atoms with Gasteiger partial charge in [0, 0.05) is 35.2 Å². The summed E-state index contributed by atoms with van der Waals surface area (Å²) in [5.74, 6) is -1.25.